The molecular formula is C47H35BN4O. The van der Waals surface area contributed by atoms with Gasteiger partial charge in [-0.3, -0.25) is 17.9 Å². The molecular weight excluding hydrogens is 647 g/mol. The third-order valence-corrected chi connectivity index (χ3v) is 13.7. The van der Waals surface area contributed by atoms with Crippen LogP contribution in [0.15, 0.2) is 89.3 Å². The number of hydrogen-bond donors (Lipinski definition) is 0. The Morgan fingerprint density at radius 3 is 1.72 bits per heavy atom. The number of imidazole rings is 2. The van der Waals surface area contributed by atoms with Crippen LogP contribution < -0.4 is 16.4 Å². The maximum atomic E-state index is 6.58. The van der Waals surface area contributed by atoms with Crippen LogP contribution in [-0.2, 0) is 0 Å². The number of rotatable bonds is 0. The number of para-hydroxylation sites is 3. The van der Waals surface area contributed by atoms with Crippen molar-refractivity contribution in [2.45, 2.75) is 48.5 Å². The predicted molar refractivity (Wildman–Crippen MR) is 222 cm³/mol. The zero-order valence-corrected chi connectivity index (χ0v) is 30.9. The normalized spacial score (nSPS) is 13.5. The van der Waals surface area contributed by atoms with Crippen LogP contribution in [0.5, 0.6) is 0 Å². The summed E-state index contributed by atoms with van der Waals surface area (Å²) >= 11 is 0. The van der Waals surface area contributed by atoms with Crippen LogP contribution in [0.2, 0.25) is 0 Å². The Hall–Kier alpha value is -6.14. The van der Waals surface area contributed by atoms with Gasteiger partial charge in [0.15, 0.2) is 0 Å². The predicted octanol–water partition coefficient (Wildman–Crippen LogP) is 9.59. The summed E-state index contributed by atoms with van der Waals surface area (Å²) in [5.74, 6) is 0. The van der Waals surface area contributed by atoms with Gasteiger partial charge in [-0.2, -0.15) is 0 Å². The molecule has 6 aromatic carbocycles. The van der Waals surface area contributed by atoms with Crippen molar-refractivity contribution < 1.29 is 4.42 Å². The molecule has 11 aromatic rings. The van der Waals surface area contributed by atoms with Crippen LogP contribution in [0.25, 0.3) is 88.5 Å². The minimum absolute atomic E-state index is 0.0346. The van der Waals surface area contributed by atoms with Gasteiger partial charge in [-0.15, -0.1) is 0 Å². The SMILES string of the molecule is Cc1ccc2c3c4n(c5ccccc5n4c2c1C)-c1c(C)c(C)c(C)c2c1B3c1c3ccc(C)c(C)c3n3c4c5c(ccc4n-2c13)oc1ccccc15. The third kappa shape index (κ3) is 2.89. The number of fused-ring (bicyclic) bond motifs is 20. The summed E-state index contributed by atoms with van der Waals surface area (Å²) < 4.78 is 17.1. The van der Waals surface area contributed by atoms with Gasteiger partial charge in [0.05, 0.1) is 38.5 Å². The zero-order chi connectivity index (χ0) is 35.5. The summed E-state index contributed by atoms with van der Waals surface area (Å²) in [7, 11) is 0. The molecule has 2 aliphatic rings. The monoisotopic (exact) mass is 682 g/mol. The van der Waals surface area contributed by atoms with Crippen LogP contribution in [0.3, 0.4) is 0 Å². The van der Waals surface area contributed by atoms with Crippen molar-refractivity contribution in [3.8, 4) is 11.4 Å². The lowest BCUT2D eigenvalue weighted by Gasteiger charge is -2.34. The molecule has 53 heavy (non-hydrogen) atoms. The molecule has 7 heterocycles. The van der Waals surface area contributed by atoms with E-state index in [-0.39, 0.29) is 6.71 Å². The van der Waals surface area contributed by atoms with Gasteiger partial charge >= 0.3 is 0 Å². The first-order chi connectivity index (χ1) is 25.8. The molecule has 6 heteroatoms. The second-order valence-corrected chi connectivity index (χ2v) is 15.9. The number of aromatic nitrogens is 4. The fourth-order valence-electron chi connectivity index (χ4n) is 10.9. The average molecular weight is 683 g/mol. The molecule has 0 saturated heterocycles. The highest BCUT2D eigenvalue weighted by atomic mass is 16.3. The van der Waals surface area contributed by atoms with Gasteiger partial charge in [-0.05, 0) is 145 Å². The molecule has 2 aliphatic heterocycles. The molecule has 0 radical (unpaired) electrons. The van der Waals surface area contributed by atoms with Gasteiger partial charge in [-0.1, -0.05) is 54.6 Å². The smallest absolute Gasteiger partial charge is 0.258 e. The molecule has 5 nitrogen and oxygen atoms in total. The second kappa shape index (κ2) is 8.90. The Morgan fingerprint density at radius 1 is 0.434 bits per heavy atom. The molecule has 5 aromatic heterocycles. The number of furan rings is 1. The largest absolute Gasteiger partial charge is 0.456 e. The van der Waals surface area contributed by atoms with Crippen molar-refractivity contribution in [1.82, 2.24) is 17.9 Å². The van der Waals surface area contributed by atoms with Gasteiger partial charge in [-0.25, -0.2) is 0 Å². The van der Waals surface area contributed by atoms with Crippen LogP contribution >= 0.6 is 0 Å². The van der Waals surface area contributed by atoms with E-state index in [9.17, 15) is 0 Å². The Labute approximate surface area is 305 Å². The molecule has 252 valence electrons. The Bertz CT molecular complexity index is 3600. The molecule has 0 spiro atoms. The second-order valence-electron chi connectivity index (χ2n) is 15.9. The fraction of sp³-hybridized carbons (Fsp3) is 0.149. The lowest BCUT2D eigenvalue weighted by Crippen LogP contribution is -2.59. The highest BCUT2D eigenvalue weighted by Gasteiger charge is 2.47. The highest BCUT2D eigenvalue weighted by molar-refractivity contribution is 7.02. The highest BCUT2D eigenvalue weighted by Crippen LogP contribution is 2.45. The number of hydrogen-bond acceptors (Lipinski definition) is 1. The van der Waals surface area contributed by atoms with Gasteiger partial charge in [0.25, 0.3) is 6.71 Å². The lowest BCUT2D eigenvalue weighted by molar-refractivity contribution is 0.669. The number of benzene rings is 6. The minimum atomic E-state index is 0.0346. The molecule has 0 saturated carbocycles. The maximum absolute atomic E-state index is 6.58. The molecule has 0 N–H and O–H groups in total. The van der Waals surface area contributed by atoms with E-state index in [1.807, 2.05) is 0 Å². The van der Waals surface area contributed by atoms with Gasteiger partial charge in [0.2, 0.25) is 0 Å². The van der Waals surface area contributed by atoms with E-state index in [2.05, 4.69) is 151 Å². The summed E-state index contributed by atoms with van der Waals surface area (Å²) in [6, 6.07) is 31.6. The molecule has 0 amide bonds. The summed E-state index contributed by atoms with van der Waals surface area (Å²) in [5.41, 5.74) is 28.3. The molecule has 13 rings (SSSR count). The Balaban J connectivity index is 1.38. The quantitative estimate of drug-likeness (QED) is 0.147. The molecule has 0 atom stereocenters. The first-order valence-corrected chi connectivity index (χ1v) is 18.8. The van der Waals surface area contributed by atoms with Crippen molar-refractivity contribution >= 4 is 100 Å². The van der Waals surface area contributed by atoms with E-state index in [1.54, 1.807) is 0 Å². The summed E-state index contributed by atoms with van der Waals surface area (Å²) in [6.45, 7) is 16.2. The van der Waals surface area contributed by atoms with E-state index in [0.717, 1.165) is 16.6 Å². The van der Waals surface area contributed by atoms with Crippen molar-refractivity contribution in [3.05, 3.63) is 124 Å². The first-order valence-electron chi connectivity index (χ1n) is 18.8. The van der Waals surface area contributed by atoms with E-state index in [1.165, 1.54) is 127 Å². The Kier molecular flexibility index (Phi) is 4.78. The van der Waals surface area contributed by atoms with Crippen molar-refractivity contribution in [1.29, 1.82) is 0 Å². The maximum Gasteiger partial charge on any atom is 0.258 e. The van der Waals surface area contributed by atoms with Crippen molar-refractivity contribution in [3.63, 3.8) is 0 Å². The van der Waals surface area contributed by atoms with E-state index in [4.69, 9.17) is 4.42 Å². The van der Waals surface area contributed by atoms with Crippen molar-refractivity contribution in [2.24, 2.45) is 0 Å². The average Bonchev–Trinajstić information content (AvgIpc) is 3.96. The zero-order valence-electron chi connectivity index (χ0n) is 30.9. The molecule has 0 bridgehead atoms. The Morgan fingerprint density at radius 2 is 1.02 bits per heavy atom. The third-order valence-electron chi connectivity index (χ3n) is 13.7. The molecule has 0 fully saturated rings. The first kappa shape index (κ1) is 28.5. The van der Waals surface area contributed by atoms with Gasteiger partial charge in [0, 0.05) is 16.8 Å². The molecule has 0 unspecified atom stereocenters. The van der Waals surface area contributed by atoms with Crippen LogP contribution in [0.4, 0.5) is 0 Å². The van der Waals surface area contributed by atoms with Crippen LogP contribution in [-0.4, -0.2) is 24.6 Å². The van der Waals surface area contributed by atoms with Crippen LogP contribution in [0, 0.1) is 48.5 Å². The van der Waals surface area contributed by atoms with E-state index >= 15 is 0 Å². The minimum Gasteiger partial charge on any atom is -0.456 e. The standard InChI is InChI=1S/C47H35BN4O/c1-22-16-18-30-38-46-49(41(30)24(22)3)32-13-9-10-14-33(32)50(46)43-27(6)26(5)28(7)44-40(43)48(38)39-31-19-17-23(2)25(4)42(31)52-45-34(51(44)47(39)52)20-21-36-37(45)29-12-8-11-15-35(29)53-36/h8-21H,1-7H3. The topological polar surface area (TPSA) is 31.8 Å². The van der Waals surface area contributed by atoms with Crippen LogP contribution in [0.1, 0.15) is 38.9 Å². The summed E-state index contributed by atoms with van der Waals surface area (Å²) in [5, 5.41) is 5.03. The summed E-state index contributed by atoms with van der Waals surface area (Å²) in [6.07, 6.45) is 0. The van der Waals surface area contributed by atoms with Gasteiger partial charge < -0.3 is 4.42 Å². The fourth-order valence-corrected chi connectivity index (χ4v) is 10.9. The van der Waals surface area contributed by atoms with Crippen molar-refractivity contribution in [2.75, 3.05) is 0 Å². The number of aryl methyl sites for hydroxylation is 4. The molecule has 0 aliphatic carbocycles. The van der Waals surface area contributed by atoms with E-state index in [0.29, 0.717) is 0 Å². The number of nitrogens with zero attached hydrogens (tertiary/aromatic N) is 4. The lowest BCUT2D eigenvalue weighted by atomic mass is 9.34. The van der Waals surface area contributed by atoms with Gasteiger partial charge in [0.1, 0.15) is 22.5 Å². The summed E-state index contributed by atoms with van der Waals surface area (Å²) in [4.78, 5) is 0. The van der Waals surface area contributed by atoms with E-state index < -0.39 is 0 Å².